The van der Waals surface area contributed by atoms with E-state index in [0.29, 0.717) is 11.6 Å². The molecule has 4 rings (SSSR count). The molecule has 130 valence electrons. The second kappa shape index (κ2) is 6.84. The molecule has 0 spiro atoms. The van der Waals surface area contributed by atoms with Crippen LogP contribution >= 0.6 is 0 Å². The Bertz CT molecular complexity index is 942. The first-order chi connectivity index (χ1) is 12.7. The lowest BCUT2D eigenvalue weighted by atomic mass is 10.0. The molecule has 1 amide bonds. The van der Waals surface area contributed by atoms with Crippen molar-refractivity contribution in [3.05, 3.63) is 77.5 Å². The molecule has 2 heterocycles. The van der Waals surface area contributed by atoms with Crippen molar-refractivity contribution in [2.45, 2.75) is 13.0 Å². The van der Waals surface area contributed by atoms with E-state index in [1.807, 2.05) is 36.4 Å². The van der Waals surface area contributed by atoms with Gasteiger partial charge in [0.2, 0.25) is 5.95 Å². The number of nitrogens with one attached hydrogen (secondary N) is 1. The number of nitrogen functional groups attached to an aromatic ring is 1. The van der Waals surface area contributed by atoms with Crippen LogP contribution in [0.4, 0.5) is 17.5 Å². The molecule has 0 saturated heterocycles. The van der Waals surface area contributed by atoms with Crippen molar-refractivity contribution in [2.75, 3.05) is 22.5 Å². The molecule has 0 bridgehead atoms. The normalized spacial score (nSPS) is 13.2. The zero-order valence-electron chi connectivity index (χ0n) is 14.2. The molecule has 0 radical (unpaired) electrons. The summed E-state index contributed by atoms with van der Waals surface area (Å²) in [4.78, 5) is 23.2. The highest BCUT2D eigenvalue weighted by molar-refractivity contribution is 6.07. The quantitative estimate of drug-likeness (QED) is 0.762. The number of benzene rings is 2. The van der Waals surface area contributed by atoms with E-state index in [2.05, 4.69) is 38.4 Å². The minimum absolute atomic E-state index is 0.183. The lowest BCUT2D eigenvalue weighted by molar-refractivity contribution is 0.102. The maximum absolute atomic E-state index is 12.4. The van der Waals surface area contributed by atoms with Gasteiger partial charge in [-0.15, -0.1) is 0 Å². The van der Waals surface area contributed by atoms with Crippen molar-refractivity contribution in [1.29, 1.82) is 0 Å². The standard InChI is InChI=1S/C20H19N5O/c21-18-17(19(26)23-16-8-2-1-3-9-16)12-22-20(24-18)25-11-10-14-6-4-5-7-15(14)13-25/h1-9,12H,10-11,13H2,(H,23,26)(H2,21,22,24). The molecule has 0 saturated carbocycles. The van der Waals surface area contributed by atoms with Crippen molar-refractivity contribution in [2.24, 2.45) is 0 Å². The van der Waals surface area contributed by atoms with E-state index in [-0.39, 0.29) is 17.3 Å². The summed E-state index contributed by atoms with van der Waals surface area (Å²) in [6, 6.07) is 17.6. The van der Waals surface area contributed by atoms with Crippen LogP contribution in [-0.2, 0) is 13.0 Å². The summed E-state index contributed by atoms with van der Waals surface area (Å²) in [7, 11) is 0. The van der Waals surface area contributed by atoms with E-state index in [1.165, 1.54) is 17.3 Å². The Morgan fingerprint density at radius 3 is 2.54 bits per heavy atom. The van der Waals surface area contributed by atoms with Crippen molar-refractivity contribution < 1.29 is 4.79 Å². The average Bonchev–Trinajstić information content (AvgIpc) is 2.68. The van der Waals surface area contributed by atoms with Crippen LogP contribution in [0.3, 0.4) is 0 Å². The van der Waals surface area contributed by atoms with Gasteiger partial charge in [0.05, 0.1) is 0 Å². The molecule has 0 atom stereocenters. The third-order valence-electron chi connectivity index (χ3n) is 4.50. The second-order valence-corrected chi connectivity index (χ2v) is 6.23. The fourth-order valence-corrected chi connectivity index (χ4v) is 3.10. The minimum atomic E-state index is -0.316. The molecule has 0 unspecified atom stereocenters. The van der Waals surface area contributed by atoms with Crippen molar-refractivity contribution >= 4 is 23.4 Å². The average molecular weight is 345 g/mol. The number of nitrogens with two attached hydrogens (primary N) is 1. The van der Waals surface area contributed by atoms with E-state index in [0.717, 1.165) is 19.5 Å². The Balaban J connectivity index is 1.52. The Hall–Kier alpha value is -3.41. The fraction of sp³-hybridized carbons (Fsp3) is 0.150. The van der Waals surface area contributed by atoms with Gasteiger partial charge in [-0.1, -0.05) is 42.5 Å². The van der Waals surface area contributed by atoms with E-state index in [1.54, 1.807) is 0 Å². The molecule has 6 heteroatoms. The summed E-state index contributed by atoms with van der Waals surface area (Å²) in [6.45, 7) is 1.57. The number of fused-ring (bicyclic) bond motifs is 1. The number of rotatable bonds is 3. The molecule has 1 aliphatic heterocycles. The maximum Gasteiger partial charge on any atom is 0.260 e. The third kappa shape index (κ3) is 3.21. The van der Waals surface area contributed by atoms with Crippen LogP contribution in [0, 0.1) is 0 Å². The van der Waals surface area contributed by atoms with Gasteiger partial charge in [-0.05, 0) is 29.7 Å². The van der Waals surface area contributed by atoms with Crippen LogP contribution in [0.25, 0.3) is 0 Å². The van der Waals surface area contributed by atoms with Crippen LogP contribution in [0.15, 0.2) is 60.8 Å². The number of hydrogen-bond acceptors (Lipinski definition) is 5. The number of anilines is 3. The van der Waals surface area contributed by atoms with Gasteiger partial charge < -0.3 is 16.0 Å². The number of aromatic nitrogens is 2. The summed E-state index contributed by atoms with van der Waals surface area (Å²) >= 11 is 0. The van der Waals surface area contributed by atoms with Gasteiger partial charge in [0.1, 0.15) is 11.4 Å². The smallest absolute Gasteiger partial charge is 0.260 e. The molecule has 6 nitrogen and oxygen atoms in total. The van der Waals surface area contributed by atoms with E-state index in [9.17, 15) is 4.79 Å². The van der Waals surface area contributed by atoms with Crippen LogP contribution in [0.5, 0.6) is 0 Å². The Morgan fingerprint density at radius 2 is 1.77 bits per heavy atom. The Morgan fingerprint density at radius 1 is 1.04 bits per heavy atom. The van der Waals surface area contributed by atoms with Gasteiger partial charge in [0.15, 0.2) is 0 Å². The van der Waals surface area contributed by atoms with Gasteiger partial charge in [-0.25, -0.2) is 4.98 Å². The zero-order chi connectivity index (χ0) is 17.9. The number of amides is 1. The predicted octanol–water partition coefficient (Wildman–Crippen LogP) is 2.87. The van der Waals surface area contributed by atoms with E-state index < -0.39 is 0 Å². The van der Waals surface area contributed by atoms with Gasteiger partial charge in [0, 0.05) is 25.0 Å². The SMILES string of the molecule is Nc1nc(N2CCc3ccccc3C2)ncc1C(=O)Nc1ccccc1. The molecule has 1 aliphatic rings. The fourth-order valence-electron chi connectivity index (χ4n) is 3.10. The molecule has 1 aromatic heterocycles. The van der Waals surface area contributed by atoms with Crippen molar-refractivity contribution in [1.82, 2.24) is 9.97 Å². The van der Waals surface area contributed by atoms with Gasteiger partial charge in [0.25, 0.3) is 5.91 Å². The number of carbonyl (C=O) groups excluding carboxylic acids is 1. The summed E-state index contributed by atoms with van der Waals surface area (Å²) in [5.74, 6) is 0.416. The Labute approximate surface area is 151 Å². The first kappa shape index (κ1) is 16.1. The summed E-state index contributed by atoms with van der Waals surface area (Å²) in [6.07, 6.45) is 2.44. The van der Waals surface area contributed by atoms with Crippen LogP contribution in [0.2, 0.25) is 0 Å². The highest BCUT2D eigenvalue weighted by Gasteiger charge is 2.20. The maximum atomic E-state index is 12.4. The molecular weight excluding hydrogens is 326 g/mol. The number of nitrogens with zero attached hydrogens (tertiary/aromatic N) is 3. The molecule has 0 fully saturated rings. The van der Waals surface area contributed by atoms with Crippen molar-refractivity contribution in [3.8, 4) is 0 Å². The summed E-state index contributed by atoms with van der Waals surface area (Å²) in [5, 5.41) is 2.80. The topological polar surface area (TPSA) is 84.1 Å². The lowest BCUT2D eigenvalue weighted by Gasteiger charge is -2.29. The van der Waals surface area contributed by atoms with Crippen LogP contribution in [-0.4, -0.2) is 22.4 Å². The lowest BCUT2D eigenvalue weighted by Crippen LogP contribution is -2.32. The second-order valence-electron chi connectivity index (χ2n) is 6.23. The first-order valence-corrected chi connectivity index (χ1v) is 8.51. The Kier molecular flexibility index (Phi) is 4.23. The first-order valence-electron chi connectivity index (χ1n) is 8.51. The monoisotopic (exact) mass is 345 g/mol. The molecular formula is C20H19N5O. The predicted molar refractivity (Wildman–Crippen MR) is 102 cm³/mol. The zero-order valence-corrected chi connectivity index (χ0v) is 14.2. The highest BCUT2D eigenvalue weighted by atomic mass is 16.1. The molecule has 26 heavy (non-hydrogen) atoms. The minimum Gasteiger partial charge on any atom is -0.383 e. The molecule has 3 aromatic rings. The number of para-hydroxylation sites is 1. The summed E-state index contributed by atoms with van der Waals surface area (Å²) in [5.41, 5.74) is 9.64. The third-order valence-corrected chi connectivity index (χ3v) is 4.50. The number of hydrogen-bond donors (Lipinski definition) is 2. The van der Waals surface area contributed by atoms with Crippen LogP contribution in [0.1, 0.15) is 21.5 Å². The number of carbonyl (C=O) groups is 1. The summed E-state index contributed by atoms with van der Waals surface area (Å²) < 4.78 is 0. The molecule has 0 aliphatic carbocycles. The van der Waals surface area contributed by atoms with Crippen LogP contribution < -0.4 is 16.0 Å². The largest absolute Gasteiger partial charge is 0.383 e. The van der Waals surface area contributed by atoms with Gasteiger partial charge in [-0.2, -0.15) is 4.98 Å². The van der Waals surface area contributed by atoms with E-state index in [4.69, 9.17) is 5.73 Å². The molecule has 2 aromatic carbocycles. The van der Waals surface area contributed by atoms with Gasteiger partial charge in [-0.3, -0.25) is 4.79 Å². The molecule has 3 N–H and O–H groups in total. The van der Waals surface area contributed by atoms with E-state index >= 15 is 0 Å². The van der Waals surface area contributed by atoms with Crippen molar-refractivity contribution in [3.63, 3.8) is 0 Å². The van der Waals surface area contributed by atoms with Gasteiger partial charge >= 0.3 is 0 Å². The highest BCUT2D eigenvalue weighted by Crippen LogP contribution is 2.23.